The molecule has 0 amide bonds. The second-order valence-electron chi connectivity index (χ2n) is 7.32. The number of hydrogen-bond donors (Lipinski definition) is 0. The van der Waals surface area contributed by atoms with E-state index in [2.05, 4.69) is 69.9 Å². The Bertz CT molecular complexity index is 958. The molecule has 0 aliphatic carbocycles. The molecule has 0 aliphatic rings. The van der Waals surface area contributed by atoms with Gasteiger partial charge in [0.2, 0.25) is 0 Å². The first kappa shape index (κ1) is 15.3. The van der Waals surface area contributed by atoms with Crippen molar-refractivity contribution >= 4 is 10.9 Å². The Hall–Kier alpha value is -2.22. The average Bonchev–Trinajstić information content (AvgIpc) is 2.52. The molecule has 0 atom stereocenters. The molecule has 1 aromatic heterocycles. The lowest BCUT2D eigenvalue weighted by molar-refractivity contribution is -0.662. The molecule has 3 rings (SSSR count). The van der Waals surface area contributed by atoms with E-state index in [9.17, 15) is 0 Å². The van der Waals surface area contributed by atoms with E-state index in [1.54, 1.807) is 0 Å². The largest absolute Gasteiger partial charge is 0.287 e. The van der Waals surface area contributed by atoms with Gasteiger partial charge in [-0.05, 0) is 73.0 Å². The lowest BCUT2D eigenvalue weighted by Crippen LogP contribution is -2.32. The zero-order valence-electron chi connectivity index (χ0n) is 16.6. The third-order valence-electron chi connectivity index (χ3n) is 4.68. The van der Waals surface area contributed by atoms with Gasteiger partial charge in [0.25, 0.3) is 6.30 Å². The van der Waals surface area contributed by atoms with Crippen LogP contribution in [0.25, 0.3) is 22.2 Å². The maximum Gasteiger partial charge on any atom is 0.287 e. The average molecular weight is 320 g/mol. The highest BCUT2D eigenvalue weighted by Gasteiger charge is 2.18. The van der Waals surface area contributed by atoms with E-state index in [0.29, 0.717) is 12.2 Å². The summed E-state index contributed by atoms with van der Waals surface area (Å²) in [4.78, 5) is 4.53. The molecule has 0 saturated carbocycles. The molecule has 0 aliphatic heterocycles. The summed E-state index contributed by atoms with van der Waals surface area (Å²) in [6.07, 6.45) is 1.33. The Morgan fingerprint density at radius 3 is 2.58 bits per heavy atom. The van der Waals surface area contributed by atoms with Gasteiger partial charge in [-0.1, -0.05) is 31.5 Å². The fraction of sp³-hybridized carbons (Fsp3) is 0.364. The van der Waals surface area contributed by atoms with Crippen molar-refractivity contribution in [1.29, 1.82) is 0 Å². The van der Waals surface area contributed by atoms with Crippen molar-refractivity contribution in [3.8, 4) is 11.3 Å². The van der Waals surface area contributed by atoms with Crippen molar-refractivity contribution in [2.75, 3.05) is 0 Å². The summed E-state index contributed by atoms with van der Waals surface area (Å²) >= 11 is 0. The Morgan fingerprint density at radius 1 is 1.12 bits per heavy atom. The van der Waals surface area contributed by atoms with E-state index in [1.165, 1.54) is 27.8 Å². The van der Waals surface area contributed by atoms with Crippen LogP contribution < -0.4 is 4.57 Å². The number of benzene rings is 2. The first-order valence-corrected chi connectivity index (χ1v) is 8.65. The maximum absolute atomic E-state index is 8.33. The topological polar surface area (TPSA) is 16.8 Å². The van der Waals surface area contributed by atoms with Gasteiger partial charge in [-0.3, -0.25) is 0 Å². The maximum atomic E-state index is 8.33. The monoisotopic (exact) mass is 320 g/mol. The molecule has 2 heteroatoms. The molecule has 0 radical (unpaired) electrons. The van der Waals surface area contributed by atoms with Crippen LogP contribution in [0.3, 0.4) is 0 Å². The highest BCUT2D eigenvalue weighted by atomic mass is 15.0. The number of aromatic nitrogens is 2. The smallest absolute Gasteiger partial charge is 0.232 e. The molecule has 0 spiro atoms. The van der Waals surface area contributed by atoms with Crippen molar-refractivity contribution in [1.82, 2.24) is 4.98 Å². The van der Waals surface area contributed by atoms with Crippen molar-refractivity contribution < 1.29 is 5.94 Å². The highest BCUT2D eigenvalue weighted by Crippen LogP contribution is 2.30. The molecular weight excluding hydrogens is 292 g/mol. The lowest BCUT2D eigenvalue weighted by Gasteiger charge is -2.13. The quantitative estimate of drug-likeness (QED) is 0.630. The van der Waals surface area contributed by atoms with Crippen LogP contribution in [0.15, 0.2) is 36.6 Å². The summed E-state index contributed by atoms with van der Waals surface area (Å²) in [5.41, 5.74) is 8.25. The van der Waals surface area contributed by atoms with Gasteiger partial charge in [-0.25, -0.2) is 4.57 Å². The molecule has 0 N–H and O–H groups in total. The minimum absolute atomic E-state index is 0.294. The van der Waals surface area contributed by atoms with Crippen LogP contribution in [-0.2, 0) is 13.5 Å². The number of nitrogens with zero attached hydrogens (tertiary/aromatic N) is 2. The molecule has 0 bridgehead atoms. The lowest BCUT2D eigenvalue weighted by atomic mass is 9.94. The normalized spacial score (nSPS) is 12.0. The van der Waals surface area contributed by atoms with Crippen molar-refractivity contribution in [2.24, 2.45) is 13.0 Å². The van der Waals surface area contributed by atoms with Gasteiger partial charge in [-0.2, -0.15) is 0 Å². The van der Waals surface area contributed by atoms with E-state index in [0.717, 1.165) is 23.0 Å². The second-order valence-corrected chi connectivity index (χ2v) is 7.32. The van der Waals surface area contributed by atoms with Crippen LogP contribution in [-0.4, -0.2) is 4.98 Å². The van der Waals surface area contributed by atoms with Crippen LogP contribution in [0, 0.1) is 26.7 Å². The van der Waals surface area contributed by atoms with Crippen molar-refractivity contribution in [3.05, 3.63) is 58.9 Å². The first-order valence-electron chi connectivity index (χ1n) is 9.15. The summed E-state index contributed by atoms with van der Waals surface area (Å²) in [6, 6.07) is 11.0. The first-order chi connectivity index (χ1) is 11.8. The predicted molar refractivity (Wildman–Crippen MR) is 101 cm³/mol. The number of rotatable bonds is 3. The second kappa shape index (κ2) is 6.35. The van der Waals surface area contributed by atoms with Gasteiger partial charge in [-0.15, -0.1) is 0 Å². The zero-order chi connectivity index (χ0) is 18.3. The summed E-state index contributed by atoms with van der Waals surface area (Å²) < 4.78 is 10.2. The predicted octanol–water partition coefficient (Wildman–Crippen LogP) is 4.85. The van der Waals surface area contributed by atoms with Crippen LogP contribution >= 0.6 is 0 Å². The molecule has 0 saturated heterocycles. The van der Waals surface area contributed by atoms with Crippen LogP contribution in [0.5, 0.6) is 0 Å². The van der Waals surface area contributed by atoms with Crippen LogP contribution in [0.4, 0.5) is 0 Å². The minimum atomic E-state index is 0.294. The summed E-state index contributed by atoms with van der Waals surface area (Å²) in [6.45, 7) is 10.9. The Labute approximate surface area is 146 Å². The standard InChI is InChI=1S/C22H27N2/c1-14(2)9-18-7-8-19-21(12-18)23-13-24(6)22(19)20-11-15(3)10-16(4)17(20)5/h7-8,10-14H,9H2,1-6H3/q+1/i13D. The van der Waals surface area contributed by atoms with E-state index >= 15 is 0 Å². The molecule has 0 unspecified atom stereocenters. The fourth-order valence-electron chi connectivity index (χ4n) is 3.44. The third-order valence-corrected chi connectivity index (χ3v) is 4.68. The Balaban J connectivity index is 2.33. The molecule has 24 heavy (non-hydrogen) atoms. The van der Waals surface area contributed by atoms with Gasteiger partial charge in [0.1, 0.15) is 5.69 Å². The van der Waals surface area contributed by atoms with Crippen LogP contribution in [0.1, 0.15) is 37.5 Å². The van der Waals surface area contributed by atoms with E-state index in [1.807, 2.05) is 11.6 Å². The molecular formula is C22H27N2+. The molecule has 0 fully saturated rings. The number of fused-ring (bicyclic) bond motifs is 1. The Morgan fingerprint density at radius 2 is 1.88 bits per heavy atom. The van der Waals surface area contributed by atoms with E-state index < -0.39 is 0 Å². The van der Waals surface area contributed by atoms with Gasteiger partial charge >= 0.3 is 0 Å². The van der Waals surface area contributed by atoms with Gasteiger partial charge in [0, 0.05) is 5.56 Å². The zero-order valence-corrected chi connectivity index (χ0v) is 15.6. The highest BCUT2D eigenvalue weighted by molar-refractivity contribution is 5.91. The van der Waals surface area contributed by atoms with Gasteiger partial charge in [0.15, 0.2) is 6.89 Å². The molecule has 1 heterocycles. The summed E-state index contributed by atoms with van der Waals surface area (Å²) in [7, 11) is 1.93. The van der Waals surface area contributed by atoms with Gasteiger partial charge < -0.3 is 0 Å². The summed E-state index contributed by atoms with van der Waals surface area (Å²) in [5.74, 6) is 0.605. The minimum Gasteiger partial charge on any atom is -0.232 e. The molecule has 2 nitrogen and oxygen atoms in total. The van der Waals surface area contributed by atoms with Crippen molar-refractivity contribution in [3.63, 3.8) is 0 Å². The van der Waals surface area contributed by atoms with Gasteiger partial charge in [0.05, 0.1) is 12.4 Å². The molecule has 124 valence electrons. The SMILES string of the molecule is [2H]c1nc2cc(CC(C)C)ccc2c(-c2cc(C)cc(C)c2C)[n+]1C. The molecule has 2 aromatic carbocycles. The molecule has 3 aromatic rings. The van der Waals surface area contributed by atoms with E-state index in [-0.39, 0.29) is 0 Å². The van der Waals surface area contributed by atoms with Crippen LogP contribution in [0.2, 0.25) is 0 Å². The third kappa shape index (κ3) is 3.06. The summed E-state index contributed by atoms with van der Waals surface area (Å²) in [5, 5.41) is 1.11. The number of aryl methyl sites for hydroxylation is 2. The Kier molecular flexibility index (Phi) is 4.05. The van der Waals surface area contributed by atoms with E-state index in [4.69, 9.17) is 1.37 Å². The fourth-order valence-corrected chi connectivity index (χ4v) is 3.44. The van der Waals surface area contributed by atoms with Crippen molar-refractivity contribution in [2.45, 2.75) is 41.0 Å². The number of hydrogen-bond acceptors (Lipinski definition) is 1.